The first kappa shape index (κ1) is 25.0. The molecule has 0 fully saturated rings. The van der Waals surface area contributed by atoms with E-state index < -0.39 is 17.8 Å². The first-order valence-corrected chi connectivity index (χ1v) is 11.3. The molecule has 0 aromatic heterocycles. The van der Waals surface area contributed by atoms with E-state index in [0.717, 1.165) is 22.3 Å². The van der Waals surface area contributed by atoms with Crippen LogP contribution in [0.15, 0.2) is 66.7 Å². The van der Waals surface area contributed by atoms with E-state index in [1.165, 1.54) is 18.0 Å². The summed E-state index contributed by atoms with van der Waals surface area (Å²) >= 11 is 0. The maximum Gasteiger partial charge on any atom is 0.261 e. The number of nitrogens with one attached hydrogen (secondary N) is 1. The lowest BCUT2D eigenvalue weighted by Crippen LogP contribution is -2.51. The van der Waals surface area contributed by atoms with E-state index >= 15 is 0 Å². The number of rotatable bonds is 9. The Morgan fingerprint density at radius 3 is 2.35 bits per heavy atom. The molecule has 0 aliphatic heterocycles. The molecule has 5 nitrogen and oxygen atoms in total. The lowest BCUT2D eigenvalue weighted by Gasteiger charge is -2.31. The molecule has 34 heavy (non-hydrogen) atoms. The summed E-state index contributed by atoms with van der Waals surface area (Å²) in [6.07, 6.45) is 0.295. The van der Waals surface area contributed by atoms with Gasteiger partial charge >= 0.3 is 0 Å². The van der Waals surface area contributed by atoms with Crippen molar-refractivity contribution in [1.29, 1.82) is 0 Å². The summed E-state index contributed by atoms with van der Waals surface area (Å²) in [6.45, 7) is 5.58. The molecule has 3 rings (SSSR count). The van der Waals surface area contributed by atoms with Crippen LogP contribution < -0.4 is 10.1 Å². The number of hydrogen-bond donors (Lipinski definition) is 1. The molecule has 2 amide bonds. The summed E-state index contributed by atoms with van der Waals surface area (Å²) in [5.41, 5.74) is 4.28. The van der Waals surface area contributed by atoms with Gasteiger partial charge in [0.05, 0.1) is 0 Å². The zero-order valence-electron chi connectivity index (χ0n) is 20.1. The van der Waals surface area contributed by atoms with Crippen molar-refractivity contribution in [1.82, 2.24) is 10.2 Å². The number of benzene rings is 3. The summed E-state index contributed by atoms with van der Waals surface area (Å²) < 4.78 is 20.4. The largest absolute Gasteiger partial charge is 0.483 e. The minimum absolute atomic E-state index is 0.0500. The van der Waals surface area contributed by atoms with Gasteiger partial charge in [0.15, 0.2) is 6.61 Å². The molecular formula is C28H31FN2O3. The monoisotopic (exact) mass is 462 g/mol. The standard InChI is InChI=1S/C28H31FN2O3/c1-19-14-20(2)21(3)26(15-19)34-18-27(32)31(17-23-12-8-9-13-24(23)29)25(28(33)30-4)16-22-10-6-5-7-11-22/h5-15,25H,16-18H2,1-4H3,(H,30,33)/t25-/m0/s1. The molecular weight excluding hydrogens is 431 g/mol. The molecule has 0 radical (unpaired) electrons. The Morgan fingerprint density at radius 2 is 1.68 bits per heavy atom. The summed E-state index contributed by atoms with van der Waals surface area (Å²) in [5, 5.41) is 2.65. The van der Waals surface area contributed by atoms with Crippen LogP contribution in [-0.2, 0) is 22.6 Å². The molecule has 0 saturated carbocycles. The number of halogens is 1. The smallest absolute Gasteiger partial charge is 0.261 e. The fourth-order valence-electron chi connectivity index (χ4n) is 3.90. The van der Waals surface area contributed by atoms with Crippen molar-refractivity contribution >= 4 is 11.8 Å². The first-order chi connectivity index (χ1) is 16.3. The van der Waals surface area contributed by atoms with Crippen LogP contribution in [-0.4, -0.2) is 36.4 Å². The molecule has 0 unspecified atom stereocenters. The average Bonchev–Trinajstić information content (AvgIpc) is 2.83. The van der Waals surface area contributed by atoms with Crippen molar-refractivity contribution in [2.75, 3.05) is 13.7 Å². The zero-order chi connectivity index (χ0) is 24.7. The Labute approximate surface area is 200 Å². The van der Waals surface area contributed by atoms with Gasteiger partial charge in [-0.05, 0) is 55.2 Å². The quantitative estimate of drug-likeness (QED) is 0.509. The summed E-state index contributed by atoms with van der Waals surface area (Å²) in [6, 6.07) is 18.8. The van der Waals surface area contributed by atoms with E-state index in [2.05, 4.69) is 11.4 Å². The predicted octanol–water partition coefficient (Wildman–Crippen LogP) is 4.52. The lowest BCUT2D eigenvalue weighted by atomic mass is 10.0. The van der Waals surface area contributed by atoms with Crippen LogP contribution >= 0.6 is 0 Å². The van der Waals surface area contributed by atoms with Gasteiger partial charge in [0.25, 0.3) is 5.91 Å². The van der Waals surface area contributed by atoms with E-state index in [-0.39, 0.29) is 19.1 Å². The molecule has 0 bridgehead atoms. The Bertz CT molecular complexity index is 1150. The molecule has 1 atom stereocenters. The third-order valence-corrected chi connectivity index (χ3v) is 5.93. The van der Waals surface area contributed by atoms with E-state index in [9.17, 15) is 14.0 Å². The van der Waals surface area contributed by atoms with Gasteiger partial charge in [-0.15, -0.1) is 0 Å². The van der Waals surface area contributed by atoms with E-state index in [1.54, 1.807) is 18.2 Å². The van der Waals surface area contributed by atoms with Gasteiger partial charge < -0.3 is 15.0 Å². The Kier molecular flexibility index (Phi) is 8.41. The second-order valence-corrected chi connectivity index (χ2v) is 8.43. The van der Waals surface area contributed by atoms with E-state index in [1.807, 2.05) is 57.2 Å². The zero-order valence-corrected chi connectivity index (χ0v) is 20.1. The Balaban J connectivity index is 1.92. The van der Waals surface area contributed by atoms with Crippen LogP contribution in [0.5, 0.6) is 5.75 Å². The molecule has 0 aliphatic rings. The summed E-state index contributed by atoms with van der Waals surface area (Å²) in [5.74, 6) is -0.527. The Hall–Kier alpha value is -3.67. The van der Waals surface area contributed by atoms with Crippen molar-refractivity contribution in [3.63, 3.8) is 0 Å². The van der Waals surface area contributed by atoms with Gasteiger partial charge in [0.2, 0.25) is 5.91 Å². The van der Waals surface area contributed by atoms with Gasteiger partial charge in [-0.1, -0.05) is 54.6 Å². The fourth-order valence-corrected chi connectivity index (χ4v) is 3.90. The van der Waals surface area contributed by atoms with Crippen molar-refractivity contribution in [2.45, 2.75) is 39.8 Å². The molecule has 0 heterocycles. The van der Waals surface area contributed by atoms with Crippen LogP contribution in [0.1, 0.15) is 27.8 Å². The molecule has 0 saturated heterocycles. The number of aryl methyl sites for hydroxylation is 2. The van der Waals surface area contributed by atoms with Crippen molar-refractivity contribution < 1.29 is 18.7 Å². The molecule has 3 aromatic rings. The second-order valence-electron chi connectivity index (χ2n) is 8.43. The third kappa shape index (κ3) is 6.22. The normalized spacial score (nSPS) is 11.6. The SMILES string of the molecule is CNC(=O)[C@H](Cc1ccccc1)N(Cc1ccccc1F)C(=O)COc1cc(C)cc(C)c1C. The Morgan fingerprint density at radius 1 is 1.00 bits per heavy atom. The average molecular weight is 463 g/mol. The molecule has 1 N–H and O–H groups in total. The van der Waals surface area contributed by atoms with Crippen LogP contribution in [0.3, 0.4) is 0 Å². The van der Waals surface area contributed by atoms with Crippen LogP contribution in [0.4, 0.5) is 4.39 Å². The number of nitrogens with zero attached hydrogens (tertiary/aromatic N) is 1. The van der Waals surface area contributed by atoms with E-state index in [4.69, 9.17) is 4.74 Å². The van der Waals surface area contributed by atoms with Gasteiger partial charge in [-0.25, -0.2) is 4.39 Å². The molecule has 3 aromatic carbocycles. The number of carbonyl (C=O) groups excluding carboxylic acids is 2. The predicted molar refractivity (Wildman–Crippen MR) is 131 cm³/mol. The lowest BCUT2D eigenvalue weighted by molar-refractivity contribution is -0.142. The number of hydrogen-bond acceptors (Lipinski definition) is 3. The highest BCUT2D eigenvalue weighted by molar-refractivity contribution is 5.88. The highest BCUT2D eigenvalue weighted by Gasteiger charge is 2.30. The van der Waals surface area contributed by atoms with Gasteiger partial charge in [-0.3, -0.25) is 9.59 Å². The number of likely N-dealkylation sites (N-methyl/N-ethyl adjacent to an activating group) is 1. The van der Waals surface area contributed by atoms with Gasteiger partial charge in [0, 0.05) is 25.6 Å². The minimum Gasteiger partial charge on any atom is -0.483 e. The van der Waals surface area contributed by atoms with Crippen molar-refractivity contribution in [3.05, 3.63) is 100 Å². The molecule has 6 heteroatoms. The van der Waals surface area contributed by atoms with Crippen LogP contribution in [0.2, 0.25) is 0 Å². The highest BCUT2D eigenvalue weighted by Crippen LogP contribution is 2.24. The maximum absolute atomic E-state index is 14.5. The topological polar surface area (TPSA) is 58.6 Å². The first-order valence-electron chi connectivity index (χ1n) is 11.3. The minimum atomic E-state index is -0.830. The maximum atomic E-state index is 14.5. The fraction of sp³-hybridized carbons (Fsp3) is 0.286. The van der Waals surface area contributed by atoms with Crippen LogP contribution in [0, 0.1) is 26.6 Å². The van der Waals surface area contributed by atoms with Crippen LogP contribution in [0.25, 0.3) is 0 Å². The van der Waals surface area contributed by atoms with Crippen molar-refractivity contribution in [2.24, 2.45) is 0 Å². The van der Waals surface area contributed by atoms with Gasteiger partial charge in [0.1, 0.15) is 17.6 Å². The van der Waals surface area contributed by atoms with Gasteiger partial charge in [-0.2, -0.15) is 0 Å². The summed E-state index contributed by atoms with van der Waals surface area (Å²) in [7, 11) is 1.53. The van der Waals surface area contributed by atoms with Crippen molar-refractivity contribution in [3.8, 4) is 5.75 Å². The molecule has 0 aliphatic carbocycles. The molecule has 178 valence electrons. The third-order valence-electron chi connectivity index (χ3n) is 5.93. The second kappa shape index (κ2) is 11.5. The van der Waals surface area contributed by atoms with E-state index in [0.29, 0.717) is 17.7 Å². The number of amides is 2. The molecule has 0 spiro atoms. The summed E-state index contributed by atoms with van der Waals surface area (Å²) in [4.78, 5) is 27.8. The number of ether oxygens (including phenoxy) is 1. The highest BCUT2D eigenvalue weighted by atomic mass is 19.1. The number of carbonyl (C=O) groups is 2.